The number of halogens is 1. The summed E-state index contributed by atoms with van der Waals surface area (Å²) in [5.74, 6) is -0.800. The largest absolute Gasteiger partial charge is 0.438 e. The Kier molecular flexibility index (Phi) is 15.2. The summed E-state index contributed by atoms with van der Waals surface area (Å²) in [7, 11) is 0. The molecule has 0 spiro atoms. The molecule has 0 heterocycles. The van der Waals surface area contributed by atoms with Crippen molar-refractivity contribution >= 4 is 23.5 Å². The van der Waals surface area contributed by atoms with Gasteiger partial charge in [-0.3, -0.25) is 14.5 Å². The number of hydrogen-bond donors (Lipinski definition) is 1. The number of allylic oxidation sites excluding steroid dienone is 3. The lowest BCUT2D eigenvalue weighted by atomic mass is 9.93. The van der Waals surface area contributed by atoms with E-state index >= 15 is 0 Å². The number of aliphatic hydroxyl groups excluding tert-OH is 1. The van der Waals surface area contributed by atoms with Crippen LogP contribution in [0.25, 0.3) is 0 Å². The fourth-order valence-electron chi connectivity index (χ4n) is 4.60. The SMILES string of the molecule is CC/C(COCOC(=O)CC(C)(C)C)=C(\C=C/CC(O)CN(Cc1ccccc1)C(C)(C)C)OC(=O)C1CCC=CC1Cl. The standard InChI is InChI=1S/C35H52ClNO6/c1-8-27(24-41-25-42-32(39)21-34(2,3)4)31(43-33(40)29-18-12-13-19-30(29)36)20-14-17-28(38)23-37(35(5,6)7)22-26-15-10-9-11-16-26/h9-11,13-16,19-20,28-30,38H,8,12,17-18,21-25H2,1-7H3/b20-14-,31-27-. The number of alkyl halides is 1. The third-order valence-electron chi connectivity index (χ3n) is 7.16. The zero-order chi connectivity index (χ0) is 32.0. The van der Waals surface area contributed by atoms with Gasteiger partial charge in [0.2, 0.25) is 0 Å². The summed E-state index contributed by atoms with van der Waals surface area (Å²) in [6.45, 7) is 15.4. The fourth-order valence-corrected chi connectivity index (χ4v) is 4.93. The first-order valence-electron chi connectivity index (χ1n) is 15.3. The van der Waals surface area contributed by atoms with Crippen molar-refractivity contribution in [1.29, 1.82) is 0 Å². The second-order valence-electron chi connectivity index (χ2n) is 13.3. The molecule has 3 unspecified atom stereocenters. The predicted octanol–water partition coefficient (Wildman–Crippen LogP) is 7.33. The van der Waals surface area contributed by atoms with Gasteiger partial charge >= 0.3 is 11.9 Å². The number of ether oxygens (including phenoxy) is 3. The van der Waals surface area contributed by atoms with Crippen LogP contribution in [0.2, 0.25) is 0 Å². The molecule has 1 aliphatic carbocycles. The lowest BCUT2D eigenvalue weighted by Gasteiger charge is -2.37. The Morgan fingerprint density at radius 2 is 1.84 bits per heavy atom. The van der Waals surface area contributed by atoms with Crippen LogP contribution in [0.15, 0.2) is 66.0 Å². The van der Waals surface area contributed by atoms with Crippen molar-refractivity contribution in [2.75, 3.05) is 19.9 Å². The molecule has 240 valence electrons. The Morgan fingerprint density at radius 3 is 2.44 bits per heavy atom. The van der Waals surface area contributed by atoms with Gasteiger partial charge in [0, 0.05) is 18.6 Å². The van der Waals surface area contributed by atoms with Crippen LogP contribution in [0, 0.1) is 11.3 Å². The van der Waals surface area contributed by atoms with Crippen molar-refractivity contribution in [3.8, 4) is 0 Å². The van der Waals surface area contributed by atoms with Crippen LogP contribution < -0.4 is 0 Å². The Hall–Kier alpha value is -2.45. The van der Waals surface area contributed by atoms with Gasteiger partial charge in [-0.1, -0.05) is 76.3 Å². The highest BCUT2D eigenvalue weighted by Gasteiger charge is 2.29. The summed E-state index contributed by atoms with van der Waals surface area (Å²) in [4.78, 5) is 27.5. The smallest absolute Gasteiger partial charge is 0.316 e. The number of carbonyl (C=O) groups is 2. The van der Waals surface area contributed by atoms with Crippen LogP contribution in [0.4, 0.5) is 0 Å². The lowest BCUT2D eigenvalue weighted by Crippen LogP contribution is -2.44. The number of nitrogens with zero attached hydrogens (tertiary/aromatic N) is 1. The Balaban J connectivity index is 2.12. The number of aliphatic hydroxyl groups is 1. The number of carbonyl (C=O) groups excluding carboxylic acids is 2. The molecule has 0 saturated carbocycles. The molecular weight excluding hydrogens is 566 g/mol. The van der Waals surface area contributed by atoms with Gasteiger partial charge in [0.1, 0.15) is 5.76 Å². The number of esters is 2. The normalized spacial score (nSPS) is 18.9. The van der Waals surface area contributed by atoms with Crippen molar-refractivity contribution in [2.24, 2.45) is 11.3 Å². The maximum absolute atomic E-state index is 13.1. The molecule has 7 nitrogen and oxygen atoms in total. The highest BCUT2D eigenvalue weighted by atomic mass is 35.5. The zero-order valence-electron chi connectivity index (χ0n) is 27.1. The van der Waals surface area contributed by atoms with E-state index in [1.165, 1.54) is 5.56 Å². The minimum atomic E-state index is -0.629. The first kappa shape index (κ1) is 36.7. The first-order chi connectivity index (χ1) is 20.2. The van der Waals surface area contributed by atoms with Gasteiger partial charge in [0.25, 0.3) is 0 Å². The zero-order valence-corrected chi connectivity index (χ0v) is 27.9. The van der Waals surface area contributed by atoms with Gasteiger partial charge in [-0.2, -0.15) is 0 Å². The molecule has 0 bridgehead atoms. The van der Waals surface area contributed by atoms with Crippen LogP contribution in [0.3, 0.4) is 0 Å². The quantitative estimate of drug-likeness (QED) is 0.0419. The van der Waals surface area contributed by atoms with E-state index in [1.807, 2.05) is 64.1 Å². The Labute approximate surface area is 263 Å². The van der Waals surface area contributed by atoms with E-state index in [0.717, 1.165) is 18.5 Å². The van der Waals surface area contributed by atoms with E-state index in [0.29, 0.717) is 31.6 Å². The molecule has 0 amide bonds. The molecule has 0 aromatic heterocycles. The second kappa shape index (κ2) is 17.7. The summed E-state index contributed by atoms with van der Waals surface area (Å²) in [5.41, 5.74) is 1.60. The molecule has 43 heavy (non-hydrogen) atoms. The topological polar surface area (TPSA) is 85.3 Å². The second-order valence-corrected chi connectivity index (χ2v) is 13.9. The fraction of sp³-hybridized carbons (Fsp3) is 0.600. The maximum atomic E-state index is 13.1. The molecule has 2 rings (SSSR count). The Bertz CT molecular complexity index is 1100. The highest BCUT2D eigenvalue weighted by molar-refractivity contribution is 6.23. The summed E-state index contributed by atoms with van der Waals surface area (Å²) >= 11 is 6.41. The average molecular weight is 618 g/mol. The van der Waals surface area contributed by atoms with E-state index in [4.69, 9.17) is 25.8 Å². The molecule has 1 aliphatic rings. The van der Waals surface area contributed by atoms with Crippen LogP contribution >= 0.6 is 11.6 Å². The van der Waals surface area contributed by atoms with Gasteiger partial charge in [-0.15, -0.1) is 11.6 Å². The Morgan fingerprint density at radius 1 is 1.14 bits per heavy atom. The predicted molar refractivity (Wildman–Crippen MR) is 172 cm³/mol. The molecule has 1 aromatic carbocycles. The molecule has 1 aromatic rings. The molecule has 0 fully saturated rings. The van der Waals surface area contributed by atoms with Crippen LogP contribution in [-0.2, 0) is 30.3 Å². The summed E-state index contributed by atoms with van der Waals surface area (Å²) in [6, 6.07) is 10.2. The first-order valence-corrected chi connectivity index (χ1v) is 15.7. The number of rotatable bonds is 15. The molecule has 0 aliphatic heterocycles. The van der Waals surface area contributed by atoms with E-state index < -0.39 is 23.4 Å². The van der Waals surface area contributed by atoms with Gasteiger partial charge < -0.3 is 19.3 Å². The van der Waals surface area contributed by atoms with Crippen molar-refractivity contribution < 1.29 is 28.9 Å². The minimum absolute atomic E-state index is 0.124. The monoisotopic (exact) mass is 617 g/mol. The van der Waals surface area contributed by atoms with E-state index in [-0.39, 0.29) is 36.7 Å². The van der Waals surface area contributed by atoms with Gasteiger partial charge in [-0.05, 0) is 69.1 Å². The minimum Gasteiger partial charge on any atom is -0.438 e. The van der Waals surface area contributed by atoms with Crippen molar-refractivity contribution in [1.82, 2.24) is 4.90 Å². The summed E-state index contributed by atoms with van der Waals surface area (Å²) in [5, 5.41) is 10.6. The average Bonchev–Trinajstić information content (AvgIpc) is 2.91. The molecule has 8 heteroatoms. The van der Waals surface area contributed by atoms with Crippen LogP contribution in [-0.4, -0.2) is 58.9 Å². The van der Waals surface area contributed by atoms with E-state index in [2.05, 4.69) is 37.8 Å². The number of benzene rings is 1. The third kappa shape index (κ3) is 14.3. The lowest BCUT2D eigenvalue weighted by molar-refractivity contribution is -0.157. The van der Waals surface area contributed by atoms with E-state index in [1.54, 1.807) is 6.08 Å². The van der Waals surface area contributed by atoms with E-state index in [9.17, 15) is 14.7 Å². The van der Waals surface area contributed by atoms with Crippen molar-refractivity contribution in [3.05, 3.63) is 71.5 Å². The van der Waals surface area contributed by atoms with Gasteiger partial charge in [-0.25, -0.2) is 0 Å². The van der Waals surface area contributed by atoms with Crippen molar-refractivity contribution in [3.63, 3.8) is 0 Å². The molecule has 0 radical (unpaired) electrons. The van der Waals surface area contributed by atoms with Crippen LogP contribution in [0.5, 0.6) is 0 Å². The molecular formula is C35H52ClNO6. The number of hydrogen-bond acceptors (Lipinski definition) is 7. The van der Waals surface area contributed by atoms with Gasteiger partial charge in [0.15, 0.2) is 6.79 Å². The van der Waals surface area contributed by atoms with Gasteiger partial charge in [0.05, 0.1) is 30.4 Å². The maximum Gasteiger partial charge on any atom is 0.316 e. The third-order valence-corrected chi connectivity index (χ3v) is 7.61. The molecule has 3 atom stereocenters. The number of β-amino-alcohol motifs (C(OH)–C–C–N with tert-alkyl or cyclic N) is 1. The molecule has 0 saturated heterocycles. The highest BCUT2D eigenvalue weighted by Crippen LogP contribution is 2.27. The van der Waals surface area contributed by atoms with Crippen LogP contribution in [0.1, 0.15) is 86.1 Å². The molecule has 1 N–H and O–H groups in total. The summed E-state index contributed by atoms with van der Waals surface area (Å²) in [6.07, 6.45) is 9.33. The summed E-state index contributed by atoms with van der Waals surface area (Å²) < 4.78 is 16.8. The van der Waals surface area contributed by atoms with Crippen molar-refractivity contribution in [2.45, 2.75) is 104 Å².